The van der Waals surface area contributed by atoms with E-state index in [0.717, 1.165) is 44.9 Å². The van der Waals surface area contributed by atoms with Crippen LogP contribution in [0.1, 0.15) is 174 Å². The minimum Gasteiger partial charge on any atom is -0.394 e. The number of amides is 1. The van der Waals surface area contributed by atoms with E-state index < -0.39 is 61.5 Å². The first-order valence-electron chi connectivity index (χ1n) is 19.8. The van der Waals surface area contributed by atoms with Crippen LogP contribution in [-0.2, 0) is 14.3 Å². The van der Waals surface area contributed by atoms with Gasteiger partial charge < -0.3 is 45.4 Å². The molecule has 0 radical (unpaired) electrons. The lowest BCUT2D eigenvalue weighted by atomic mass is 9.99. The van der Waals surface area contributed by atoms with Crippen LogP contribution in [0.4, 0.5) is 0 Å². The number of nitrogens with one attached hydrogen (secondary N) is 1. The number of aliphatic hydroxyl groups is 6. The number of aliphatic hydroxyl groups excluding tert-OH is 6. The topological polar surface area (TPSA) is 169 Å². The molecule has 1 heterocycles. The van der Waals surface area contributed by atoms with E-state index in [4.69, 9.17) is 9.47 Å². The lowest BCUT2D eigenvalue weighted by molar-refractivity contribution is -0.302. The molecule has 286 valence electrons. The second-order valence-corrected chi connectivity index (χ2v) is 14.2. The Morgan fingerprint density at radius 1 is 0.625 bits per heavy atom. The minimum absolute atomic E-state index is 0.251. The van der Waals surface area contributed by atoms with Gasteiger partial charge in [0.15, 0.2) is 6.29 Å². The summed E-state index contributed by atoms with van der Waals surface area (Å²) < 4.78 is 11.1. The summed E-state index contributed by atoms with van der Waals surface area (Å²) in [5.41, 5.74) is 0. The molecule has 1 aliphatic heterocycles. The van der Waals surface area contributed by atoms with Gasteiger partial charge in [-0.2, -0.15) is 0 Å². The first-order valence-corrected chi connectivity index (χ1v) is 19.8. The highest BCUT2D eigenvalue weighted by atomic mass is 16.7. The molecule has 0 aromatic heterocycles. The Labute approximate surface area is 292 Å². The molecule has 8 atom stereocenters. The van der Waals surface area contributed by atoms with Crippen LogP contribution < -0.4 is 5.32 Å². The Morgan fingerprint density at radius 3 is 1.48 bits per heavy atom. The monoisotopic (exact) mass is 690 g/mol. The Balaban J connectivity index is 2.45. The van der Waals surface area contributed by atoms with Crippen LogP contribution in [-0.4, -0.2) is 98.7 Å². The van der Waals surface area contributed by atoms with Gasteiger partial charge in [0, 0.05) is 0 Å². The summed E-state index contributed by atoms with van der Waals surface area (Å²) in [6, 6.07) is -0.885. The molecule has 0 aromatic carbocycles. The predicted molar refractivity (Wildman–Crippen MR) is 190 cm³/mol. The van der Waals surface area contributed by atoms with Crippen LogP contribution >= 0.6 is 0 Å². The molecule has 1 aliphatic rings. The molecule has 0 spiro atoms. The number of rotatable bonds is 32. The summed E-state index contributed by atoms with van der Waals surface area (Å²) in [6.07, 6.45) is 18.8. The SMILES string of the molecule is CCCCCCCCCCCCCCCCCC(O)C(COC1OC(CO)C(O)C(O)C1O)NC(=O)C(O)CCCCCCCCCC. The van der Waals surface area contributed by atoms with Crippen molar-refractivity contribution in [2.45, 2.75) is 223 Å². The van der Waals surface area contributed by atoms with Gasteiger partial charge in [-0.1, -0.05) is 162 Å². The number of unbranched alkanes of at least 4 members (excludes halogenated alkanes) is 21. The average molecular weight is 690 g/mol. The van der Waals surface area contributed by atoms with E-state index in [9.17, 15) is 35.4 Å². The van der Waals surface area contributed by atoms with E-state index in [1.807, 2.05) is 0 Å². The van der Waals surface area contributed by atoms with Crippen molar-refractivity contribution < 1.29 is 44.9 Å². The van der Waals surface area contributed by atoms with Gasteiger partial charge in [-0.15, -0.1) is 0 Å². The fraction of sp³-hybridized carbons (Fsp3) is 0.974. The van der Waals surface area contributed by atoms with Gasteiger partial charge in [-0.05, 0) is 12.8 Å². The van der Waals surface area contributed by atoms with Crippen molar-refractivity contribution in [3.8, 4) is 0 Å². The predicted octanol–water partition coefficient (Wildman–Crippen LogP) is 5.80. The van der Waals surface area contributed by atoms with E-state index in [1.165, 1.54) is 103 Å². The van der Waals surface area contributed by atoms with Crippen molar-refractivity contribution in [2.75, 3.05) is 13.2 Å². The first kappa shape index (κ1) is 45.2. The van der Waals surface area contributed by atoms with Gasteiger partial charge in [0.05, 0.1) is 25.4 Å². The molecule has 10 heteroatoms. The van der Waals surface area contributed by atoms with E-state index in [0.29, 0.717) is 12.8 Å². The summed E-state index contributed by atoms with van der Waals surface area (Å²) >= 11 is 0. The maximum atomic E-state index is 12.9. The average Bonchev–Trinajstić information content (AvgIpc) is 3.08. The van der Waals surface area contributed by atoms with E-state index in [-0.39, 0.29) is 6.61 Å². The number of hydrogen-bond donors (Lipinski definition) is 7. The Hall–Kier alpha value is -0.850. The maximum Gasteiger partial charge on any atom is 0.249 e. The number of carbonyl (C=O) groups is 1. The summed E-state index contributed by atoms with van der Waals surface area (Å²) in [6.45, 7) is 3.61. The second kappa shape index (κ2) is 29.8. The highest BCUT2D eigenvalue weighted by molar-refractivity contribution is 5.80. The van der Waals surface area contributed by atoms with Gasteiger partial charge in [0.25, 0.3) is 0 Å². The zero-order chi connectivity index (χ0) is 35.4. The Kier molecular flexibility index (Phi) is 28.1. The van der Waals surface area contributed by atoms with Crippen molar-refractivity contribution in [1.82, 2.24) is 5.32 Å². The van der Waals surface area contributed by atoms with Gasteiger partial charge >= 0.3 is 0 Å². The lowest BCUT2D eigenvalue weighted by Crippen LogP contribution is -2.60. The molecular formula is C38H75NO9. The van der Waals surface area contributed by atoms with Crippen molar-refractivity contribution >= 4 is 5.91 Å². The molecule has 1 amide bonds. The van der Waals surface area contributed by atoms with Crippen LogP contribution in [0.5, 0.6) is 0 Å². The van der Waals surface area contributed by atoms with Gasteiger partial charge in [0.2, 0.25) is 5.91 Å². The van der Waals surface area contributed by atoms with Crippen molar-refractivity contribution in [3.63, 3.8) is 0 Å². The third-order valence-corrected chi connectivity index (χ3v) is 9.82. The largest absolute Gasteiger partial charge is 0.394 e. The lowest BCUT2D eigenvalue weighted by Gasteiger charge is -2.40. The molecule has 1 saturated heterocycles. The number of hydrogen-bond acceptors (Lipinski definition) is 9. The van der Waals surface area contributed by atoms with Gasteiger partial charge in [-0.25, -0.2) is 0 Å². The Bertz CT molecular complexity index is 743. The molecule has 0 bridgehead atoms. The minimum atomic E-state index is -1.59. The normalized spacial score (nSPS) is 23.2. The van der Waals surface area contributed by atoms with Crippen LogP contribution in [0.2, 0.25) is 0 Å². The van der Waals surface area contributed by atoms with Gasteiger partial charge in [-0.3, -0.25) is 4.79 Å². The van der Waals surface area contributed by atoms with Crippen molar-refractivity contribution in [1.29, 1.82) is 0 Å². The number of carbonyl (C=O) groups excluding carboxylic acids is 1. The second-order valence-electron chi connectivity index (χ2n) is 14.2. The fourth-order valence-electron chi connectivity index (χ4n) is 6.46. The summed E-state index contributed by atoms with van der Waals surface area (Å²) in [7, 11) is 0. The quantitative estimate of drug-likeness (QED) is 0.0432. The summed E-state index contributed by atoms with van der Waals surface area (Å²) in [4.78, 5) is 12.9. The van der Waals surface area contributed by atoms with Crippen molar-refractivity contribution in [3.05, 3.63) is 0 Å². The summed E-state index contributed by atoms with van der Waals surface area (Å²) in [5, 5.41) is 64.4. The third-order valence-electron chi connectivity index (χ3n) is 9.82. The molecule has 0 aromatic rings. The number of ether oxygens (including phenoxy) is 2. The molecule has 0 aliphatic carbocycles. The fourth-order valence-corrected chi connectivity index (χ4v) is 6.46. The molecule has 7 N–H and O–H groups in total. The molecule has 48 heavy (non-hydrogen) atoms. The molecule has 1 rings (SSSR count). The molecule has 0 saturated carbocycles. The third kappa shape index (κ3) is 20.7. The smallest absolute Gasteiger partial charge is 0.249 e. The van der Waals surface area contributed by atoms with E-state index in [1.54, 1.807) is 0 Å². The van der Waals surface area contributed by atoms with Crippen molar-refractivity contribution in [2.24, 2.45) is 0 Å². The highest BCUT2D eigenvalue weighted by Crippen LogP contribution is 2.23. The first-order chi connectivity index (χ1) is 23.3. The van der Waals surface area contributed by atoms with Crippen LogP contribution in [0.15, 0.2) is 0 Å². The highest BCUT2D eigenvalue weighted by Gasteiger charge is 2.44. The maximum absolute atomic E-state index is 12.9. The van der Waals surface area contributed by atoms with E-state index in [2.05, 4.69) is 19.2 Å². The van der Waals surface area contributed by atoms with Gasteiger partial charge in [0.1, 0.15) is 30.5 Å². The molecular weight excluding hydrogens is 614 g/mol. The van der Waals surface area contributed by atoms with E-state index >= 15 is 0 Å². The van der Waals surface area contributed by atoms with Crippen LogP contribution in [0.25, 0.3) is 0 Å². The molecule has 10 nitrogen and oxygen atoms in total. The Morgan fingerprint density at radius 2 is 1.04 bits per heavy atom. The van der Waals surface area contributed by atoms with Crippen LogP contribution in [0.3, 0.4) is 0 Å². The standard InChI is InChI=1S/C38H75NO9/c1-3-5-7-9-11-13-14-15-16-17-18-19-21-22-24-26-31(41)30(29-47-38-36(45)35(44)34(43)33(28-40)48-38)39-37(46)32(42)27-25-23-20-12-10-8-6-4-2/h30-36,38,40-45H,3-29H2,1-2H3,(H,39,46). The van der Waals surface area contributed by atoms with Crippen LogP contribution in [0, 0.1) is 0 Å². The zero-order valence-corrected chi connectivity index (χ0v) is 30.6. The summed E-state index contributed by atoms with van der Waals surface area (Å²) in [5.74, 6) is -0.587. The zero-order valence-electron chi connectivity index (χ0n) is 30.6. The molecule has 1 fully saturated rings. The molecule has 8 unspecified atom stereocenters.